The van der Waals surface area contributed by atoms with E-state index in [0.717, 1.165) is 24.3 Å². The fourth-order valence-corrected chi connectivity index (χ4v) is 2.39. The van der Waals surface area contributed by atoms with Gasteiger partial charge in [0, 0.05) is 17.8 Å². The summed E-state index contributed by atoms with van der Waals surface area (Å²) in [5.74, 6) is 0.886. The van der Waals surface area contributed by atoms with Crippen molar-refractivity contribution in [3.05, 3.63) is 24.3 Å². The SMILES string of the molecule is CCOc1cccc(NCC(=O)NC2CCCC2)c1. The Labute approximate surface area is 114 Å². The van der Waals surface area contributed by atoms with Crippen molar-refractivity contribution in [3.8, 4) is 5.75 Å². The molecule has 104 valence electrons. The molecule has 1 aliphatic rings. The molecule has 2 rings (SSSR count). The molecule has 1 fully saturated rings. The van der Waals surface area contributed by atoms with Crippen LogP contribution in [0.5, 0.6) is 5.75 Å². The summed E-state index contributed by atoms with van der Waals surface area (Å²) in [5.41, 5.74) is 0.910. The molecule has 4 nitrogen and oxygen atoms in total. The van der Waals surface area contributed by atoms with Crippen LogP contribution in [-0.2, 0) is 4.79 Å². The van der Waals surface area contributed by atoms with E-state index in [2.05, 4.69) is 10.6 Å². The second kappa shape index (κ2) is 7.02. The molecule has 0 spiro atoms. The summed E-state index contributed by atoms with van der Waals surface area (Å²) in [6.07, 6.45) is 4.70. The van der Waals surface area contributed by atoms with Crippen LogP contribution in [0.4, 0.5) is 5.69 Å². The van der Waals surface area contributed by atoms with Crippen molar-refractivity contribution in [1.82, 2.24) is 5.32 Å². The van der Waals surface area contributed by atoms with Crippen LogP contribution in [0.2, 0.25) is 0 Å². The Morgan fingerprint density at radius 2 is 2.16 bits per heavy atom. The Bertz CT molecular complexity index is 414. The lowest BCUT2D eigenvalue weighted by Gasteiger charge is -2.13. The first-order chi connectivity index (χ1) is 9.28. The highest BCUT2D eigenvalue weighted by Crippen LogP contribution is 2.18. The minimum Gasteiger partial charge on any atom is -0.494 e. The van der Waals surface area contributed by atoms with Crippen LogP contribution in [0.25, 0.3) is 0 Å². The van der Waals surface area contributed by atoms with Crippen LogP contribution in [0.1, 0.15) is 32.6 Å². The van der Waals surface area contributed by atoms with Gasteiger partial charge in [-0.3, -0.25) is 4.79 Å². The maximum atomic E-state index is 11.8. The van der Waals surface area contributed by atoms with E-state index in [1.54, 1.807) is 0 Å². The van der Waals surface area contributed by atoms with Crippen LogP contribution in [0.15, 0.2) is 24.3 Å². The number of hydrogen-bond donors (Lipinski definition) is 2. The van der Waals surface area contributed by atoms with Gasteiger partial charge in [-0.1, -0.05) is 18.9 Å². The average molecular weight is 262 g/mol. The standard InChI is InChI=1S/C15H22N2O2/c1-2-19-14-9-5-8-13(10-14)16-11-15(18)17-12-6-3-4-7-12/h5,8-10,12,16H,2-4,6-7,11H2,1H3,(H,17,18). The molecule has 1 aromatic rings. The highest BCUT2D eigenvalue weighted by molar-refractivity contribution is 5.81. The third-order valence-corrected chi connectivity index (χ3v) is 3.32. The van der Waals surface area contributed by atoms with Gasteiger partial charge in [0.25, 0.3) is 0 Å². The van der Waals surface area contributed by atoms with Gasteiger partial charge >= 0.3 is 0 Å². The molecule has 1 aromatic carbocycles. The summed E-state index contributed by atoms with van der Waals surface area (Å²) in [5, 5.41) is 6.18. The second-order valence-corrected chi connectivity index (χ2v) is 4.86. The Kier molecular flexibility index (Phi) is 5.07. The zero-order valence-electron chi connectivity index (χ0n) is 11.4. The maximum Gasteiger partial charge on any atom is 0.239 e. The summed E-state index contributed by atoms with van der Waals surface area (Å²) in [6, 6.07) is 8.05. The predicted octanol–water partition coefficient (Wildman–Crippen LogP) is 2.56. The molecule has 1 aliphatic carbocycles. The van der Waals surface area contributed by atoms with Gasteiger partial charge in [0.1, 0.15) is 5.75 Å². The number of nitrogens with one attached hydrogen (secondary N) is 2. The highest BCUT2D eigenvalue weighted by Gasteiger charge is 2.16. The van der Waals surface area contributed by atoms with Crippen molar-refractivity contribution >= 4 is 11.6 Å². The van der Waals surface area contributed by atoms with Gasteiger partial charge in [-0.2, -0.15) is 0 Å². The van der Waals surface area contributed by atoms with Gasteiger partial charge in [-0.25, -0.2) is 0 Å². The first-order valence-corrected chi connectivity index (χ1v) is 7.04. The summed E-state index contributed by atoms with van der Waals surface area (Å²) in [4.78, 5) is 11.8. The van der Waals surface area contributed by atoms with Crippen molar-refractivity contribution in [2.75, 3.05) is 18.5 Å². The Hall–Kier alpha value is -1.71. The first kappa shape index (κ1) is 13.7. The molecule has 0 unspecified atom stereocenters. The third kappa shape index (κ3) is 4.47. The van der Waals surface area contributed by atoms with Gasteiger partial charge in [-0.05, 0) is 31.9 Å². The lowest BCUT2D eigenvalue weighted by molar-refractivity contribution is -0.120. The van der Waals surface area contributed by atoms with Crippen molar-refractivity contribution in [2.24, 2.45) is 0 Å². The molecular formula is C15H22N2O2. The molecule has 2 N–H and O–H groups in total. The summed E-state index contributed by atoms with van der Waals surface area (Å²) in [7, 11) is 0. The number of carbonyl (C=O) groups excluding carboxylic acids is 1. The summed E-state index contributed by atoms with van der Waals surface area (Å²) >= 11 is 0. The molecule has 1 saturated carbocycles. The Morgan fingerprint density at radius 1 is 1.37 bits per heavy atom. The molecule has 0 bridgehead atoms. The lowest BCUT2D eigenvalue weighted by atomic mass is 10.2. The Balaban J connectivity index is 1.77. The van der Waals surface area contributed by atoms with Gasteiger partial charge in [-0.15, -0.1) is 0 Å². The number of benzene rings is 1. The molecule has 0 aromatic heterocycles. The van der Waals surface area contributed by atoms with E-state index in [1.807, 2.05) is 31.2 Å². The van der Waals surface area contributed by atoms with E-state index in [9.17, 15) is 4.79 Å². The summed E-state index contributed by atoms with van der Waals surface area (Å²) < 4.78 is 5.42. The number of carbonyl (C=O) groups is 1. The van der Waals surface area contributed by atoms with E-state index in [1.165, 1.54) is 12.8 Å². The van der Waals surface area contributed by atoms with Gasteiger partial charge in [0.05, 0.1) is 13.2 Å². The minimum absolute atomic E-state index is 0.0636. The zero-order chi connectivity index (χ0) is 13.5. The van der Waals surface area contributed by atoms with Crippen LogP contribution >= 0.6 is 0 Å². The van der Waals surface area contributed by atoms with Crippen LogP contribution in [0, 0.1) is 0 Å². The monoisotopic (exact) mass is 262 g/mol. The average Bonchev–Trinajstić information content (AvgIpc) is 2.90. The number of ether oxygens (including phenoxy) is 1. The molecule has 0 radical (unpaired) electrons. The minimum atomic E-state index is 0.0636. The third-order valence-electron chi connectivity index (χ3n) is 3.32. The van der Waals surface area contributed by atoms with Crippen molar-refractivity contribution in [1.29, 1.82) is 0 Å². The van der Waals surface area contributed by atoms with Crippen molar-refractivity contribution < 1.29 is 9.53 Å². The molecule has 0 saturated heterocycles. The topological polar surface area (TPSA) is 50.4 Å². The van der Waals surface area contributed by atoms with E-state index < -0.39 is 0 Å². The first-order valence-electron chi connectivity index (χ1n) is 7.04. The van der Waals surface area contributed by atoms with Gasteiger partial charge in [0.2, 0.25) is 5.91 Å². The van der Waals surface area contributed by atoms with Gasteiger partial charge in [0.15, 0.2) is 0 Å². The van der Waals surface area contributed by atoms with Crippen LogP contribution in [-0.4, -0.2) is 25.1 Å². The number of rotatable bonds is 6. The summed E-state index contributed by atoms with van der Waals surface area (Å²) in [6.45, 7) is 2.91. The molecule has 0 heterocycles. The maximum absolute atomic E-state index is 11.8. The smallest absolute Gasteiger partial charge is 0.239 e. The Morgan fingerprint density at radius 3 is 2.89 bits per heavy atom. The number of amides is 1. The molecule has 0 atom stereocenters. The zero-order valence-corrected chi connectivity index (χ0v) is 11.4. The quantitative estimate of drug-likeness (QED) is 0.828. The molecule has 0 aliphatic heterocycles. The number of hydrogen-bond acceptors (Lipinski definition) is 3. The van der Waals surface area contributed by atoms with Gasteiger partial charge < -0.3 is 15.4 Å². The molecular weight excluding hydrogens is 240 g/mol. The van der Waals surface area contributed by atoms with Crippen molar-refractivity contribution in [2.45, 2.75) is 38.6 Å². The van der Waals surface area contributed by atoms with Crippen LogP contribution in [0.3, 0.4) is 0 Å². The molecule has 4 heteroatoms. The predicted molar refractivity (Wildman–Crippen MR) is 76.5 cm³/mol. The van der Waals surface area contributed by atoms with E-state index in [4.69, 9.17) is 4.74 Å². The number of anilines is 1. The largest absolute Gasteiger partial charge is 0.494 e. The normalized spacial score (nSPS) is 15.2. The fraction of sp³-hybridized carbons (Fsp3) is 0.533. The van der Waals surface area contributed by atoms with E-state index >= 15 is 0 Å². The second-order valence-electron chi connectivity index (χ2n) is 4.86. The van der Waals surface area contributed by atoms with E-state index in [0.29, 0.717) is 19.2 Å². The van der Waals surface area contributed by atoms with E-state index in [-0.39, 0.29) is 5.91 Å². The van der Waals surface area contributed by atoms with Crippen molar-refractivity contribution in [3.63, 3.8) is 0 Å². The lowest BCUT2D eigenvalue weighted by Crippen LogP contribution is -2.36. The molecule has 1 amide bonds. The molecule has 19 heavy (non-hydrogen) atoms. The fourth-order valence-electron chi connectivity index (χ4n) is 2.39. The highest BCUT2D eigenvalue weighted by atomic mass is 16.5. The van der Waals surface area contributed by atoms with Crippen LogP contribution < -0.4 is 15.4 Å².